The standard InChI is InChI=1S/C27H30F6O/c28-16-4-2-1-3-5-19-6-8-20(9-7-19)10-11-21-12-14-22(15-13-21)23-17-24(29)26(25(30)18-23)34-27(31,32)33/h3,5,12-15,17-20H,1-2,4,6-11,16H2/b5-3+. The van der Waals surface area contributed by atoms with E-state index in [1.165, 1.54) is 25.7 Å². The number of aryl methyl sites for hydroxylation is 1. The lowest BCUT2D eigenvalue weighted by molar-refractivity contribution is -0.276. The molecule has 3 rings (SSSR count). The van der Waals surface area contributed by atoms with Gasteiger partial charge < -0.3 is 4.74 Å². The second-order valence-corrected chi connectivity index (χ2v) is 8.95. The third kappa shape index (κ3) is 8.10. The van der Waals surface area contributed by atoms with Gasteiger partial charge in [-0.3, -0.25) is 4.39 Å². The Hall–Kier alpha value is -2.44. The first-order chi connectivity index (χ1) is 16.2. The predicted molar refractivity (Wildman–Crippen MR) is 121 cm³/mol. The average molecular weight is 485 g/mol. The number of rotatable bonds is 10. The molecule has 0 bridgehead atoms. The Balaban J connectivity index is 1.49. The van der Waals surface area contributed by atoms with Crippen LogP contribution >= 0.6 is 0 Å². The maximum atomic E-state index is 14.0. The Bertz CT molecular complexity index is 904. The van der Waals surface area contributed by atoms with Crippen molar-refractivity contribution in [1.29, 1.82) is 0 Å². The molecule has 34 heavy (non-hydrogen) atoms. The van der Waals surface area contributed by atoms with Gasteiger partial charge in [0.05, 0.1) is 6.67 Å². The molecule has 0 aliphatic heterocycles. The quantitative estimate of drug-likeness (QED) is 0.186. The molecule has 0 aromatic heterocycles. The third-order valence-electron chi connectivity index (χ3n) is 6.40. The topological polar surface area (TPSA) is 9.23 Å². The molecule has 2 aromatic carbocycles. The van der Waals surface area contributed by atoms with Gasteiger partial charge in [0.25, 0.3) is 0 Å². The van der Waals surface area contributed by atoms with Crippen molar-refractivity contribution in [2.24, 2.45) is 11.8 Å². The maximum Gasteiger partial charge on any atom is 0.573 e. The number of hydrogen-bond acceptors (Lipinski definition) is 1. The van der Waals surface area contributed by atoms with Gasteiger partial charge in [-0.2, -0.15) is 0 Å². The fraction of sp³-hybridized carbons (Fsp3) is 0.481. The van der Waals surface area contributed by atoms with Crippen LogP contribution in [-0.4, -0.2) is 13.0 Å². The van der Waals surface area contributed by atoms with E-state index in [9.17, 15) is 26.3 Å². The first-order valence-electron chi connectivity index (χ1n) is 11.8. The zero-order valence-electron chi connectivity index (χ0n) is 19.0. The minimum atomic E-state index is -5.17. The lowest BCUT2D eigenvalue weighted by Gasteiger charge is -2.26. The monoisotopic (exact) mass is 484 g/mol. The zero-order valence-corrected chi connectivity index (χ0v) is 19.0. The zero-order chi connectivity index (χ0) is 24.6. The fourth-order valence-electron chi connectivity index (χ4n) is 4.49. The van der Waals surface area contributed by atoms with Crippen LogP contribution in [0.5, 0.6) is 5.75 Å². The number of ether oxygens (including phenoxy) is 1. The molecule has 2 aromatic rings. The molecular weight excluding hydrogens is 454 g/mol. The summed E-state index contributed by atoms with van der Waals surface area (Å²) >= 11 is 0. The van der Waals surface area contributed by atoms with E-state index in [2.05, 4.69) is 16.9 Å². The predicted octanol–water partition coefficient (Wildman–Crippen LogP) is 8.97. The van der Waals surface area contributed by atoms with Gasteiger partial charge in [-0.05, 0) is 98.4 Å². The molecule has 1 nitrogen and oxygen atoms in total. The van der Waals surface area contributed by atoms with Gasteiger partial charge in [0.15, 0.2) is 11.6 Å². The highest BCUT2D eigenvalue weighted by molar-refractivity contribution is 5.65. The summed E-state index contributed by atoms with van der Waals surface area (Å²) in [6, 6.07) is 8.89. The van der Waals surface area contributed by atoms with Crippen LogP contribution in [0.25, 0.3) is 11.1 Å². The van der Waals surface area contributed by atoms with Crippen molar-refractivity contribution in [3.8, 4) is 16.9 Å². The highest BCUT2D eigenvalue weighted by Crippen LogP contribution is 2.34. The fourth-order valence-corrected chi connectivity index (χ4v) is 4.49. The highest BCUT2D eigenvalue weighted by Gasteiger charge is 2.34. The summed E-state index contributed by atoms with van der Waals surface area (Å²) in [7, 11) is 0. The van der Waals surface area contributed by atoms with E-state index in [0.29, 0.717) is 23.8 Å². The normalized spacial score (nSPS) is 19.0. The summed E-state index contributed by atoms with van der Waals surface area (Å²) in [5.41, 5.74) is 1.77. The molecule has 0 N–H and O–H groups in total. The van der Waals surface area contributed by atoms with Gasteiger partial charge in [0, 0.05) is 0 Å². The molecule has 7 heteroatoms. The van der Waals surface area contributed by atoms with E-state index in [1.54, 1.807) is 12.1 Å². The molecule has 0 spiro atoms. The lowest BCUT2D eigenvalue weighted by atomic mass is 9.79. The molecule has 0 radical (unpaired) electrons. The number of benzene rings is 2. The van der Waals surface area contributed by atoms with Crippen molar-refractivity contribution < 1.29 is 31.1 Å². The molecule has 1 aliphatic rings. The van der Waals surface area contributed by atoms with Crippen molar-refractivity contribution in [3.63, 3.8) is 0 Å². The van der Waals surface area contributed by atoms with Gasteiger partial charge in [-0.15, -0.1) is 13.2 Å². The van der Waals surface area contributed by atoms with Gasteiger partial charge in [0.1, 0.15) is 0 Å². The van der Waals surface area contributed by atoms with Crippen LogP contribution in [0.15, 0.2) is 48.6 Å². The summed E-state index contributed by atoms with van der Waals surface area (Å²) in [4.78, 5) is 0. The van der Waals surface area contributed by atoms with E-state index in [1.807, 2.05) is 12.1 Å². The van der Waals surface area contributed by atoms with Crippen molar-refractivity contribution in [3.05, 3.63) is 65.7 Å². The number of allylic oxidation sites excluding steroid dienone is 2. The number of alkyl halides is 4. The average Bonchev–Trinajstić information content (AvgIpc) is 2.80. The lowest BCUT2D eigenvalue weighted by Crippen LogP contribution is -2.19. The van der Waals surface area contributed by atoms with E-state index >= 15 is 0 Å². The minimum absolute atomic E-state index is 0.146. The van der Waals surface area contributed by atoms with Crippen LogP contribution in [-0.2, 0) is 6.42 Å². The summed E-state index contributed by atoms with van der Waals surface area (Å²) in [6.07, 6.45) is 8.49. The van der Waals surface area contributed by atoms with Crippen molar-refractivity contribution in [1.82, 2.24) is 0 Å². The molecule has 0 unspecified atom stereocenters. The molecule has 1 saturated carbocycles. The third-order valence-corrected chi connectivity index (χ3v) is 6.40. The molecule has 0 amide bonds. The molecule has 0 heterocycles. The Kier molecular flexibility index (Phi) is 9.48. The van der Waals surface area contributed by atoms with Gasteiger partial charge >= 0.3 is 6.36 Å². The van der Waals surface area contributed by atoms with Crippen LogP contribution in [0.2, 0.25) is 0 Å². The van der Waals surface area contributed by atoms with Gasteiger partial charge in [-0.25, -0.2) is 8.78 Å². The number of hydrogen-bond donors (Lipinski definition) is 0. The molecule has 1 aliphatic carbocycles. The van der Waals surface area contributed by atoms with E-state index < -0.39 is 23.7 Å². The minimum Gasteiger partial charge on any atom is -0.399 e. The Labute approximate surface area is 196 Å². The highest BCUT2D eigenvalue weighted by atomic mass is 19.4. The molecule has 0 atom stereocenters. The summed E-state index contributed by atoms with van der Waals surface area (Å²) < 4.78 is 80.5. The maximum absolute atomic E-state index is 14.0. The van der Waals surface area contributed by atoms with Gasteiger partial charge in [-0.1, -0.05) is 36.4 Å². The van der Waals surface area contributed by atoms with E-state index in [4.69, 9.17) is 0 Å². The second kappa shape index (κ2) is 12.3. The molecular formula is C27H30F6O. The molecule has 0 saturated heterocycles. The first kappa shape index (κ1) is 26.2. The second-order valence-electron chi connectivity index (χ2n) is 8.95. The van der Waals surface area contributed by atoms with Crippen LogP contribution in [0.4, 0.5) is 26.3 Å². The summed E-state index contributed by atoms with van der Waals surface area (Å²) in [5.74, 6) is -2.96. The summed E-state index contributed by atoms with van der Waals surface area (Å²) in [6.45, 7) is -0.243. The Morgan fingerprint density at radius 1 is 0.882 bits per heavy atom. The van der Waals surface area contributed by atoms with Crippen molar-refractivity contribution in [2.75, 3.05) is 6.67 Å². The van der Waals surface area contributed by atoms with Crippen molar-refractivity contribution in [2.45, 2.75) is 64.1 Å². The Morgan fingerprint density at radius 3 is 2.12 bits per heavy atom. The van der Waals surface area contributed by atoms with E-state index in [0.717, 1.165) is 43.4 Å². The molecule has 186 valence electrons. The van der Waals surface area contributed by atoms with Crippen LogP contribution in [0.1, 0.15) is 56.9 Å². The van der Waals surface area contributed by atoms with Crippen LogP contribution < -0.4 is 4.74 Å². The van der Waals surface area contributed by atoms with E-state index in [-0.39, 0.29) is 12.2 Å². The number of unbranched alkanes of at least 4 members (excludes halogenated alkanes) is 2. The molecule has 1 fully saturated rings. The van der Waals surface area contributed by atoms with Crippen molar-refractivity contribution >= 4 is 0 Å². The SMILES string of the molecule is FCCCC/C=C/C1CCC(CCc2ccc(-c3cc(F)c(OC(F)(F)F)c(F)c3)cc2)CC1. The summed E-state index contributed by atoms with van der Waals surface area (Å²) in [5, 5.41) is 0. The Morgan fingerprint density at radius 2 is 1.53 bits per heavy atom. The first-order valence-corrected chi connectivity index (χ1v) is 11.8. The number of halogens is 6. The van der Waals surface area contributed by atoms with Crippen LogP contribution in [0, 0.1) is 23.5 Å². The van der Waals surface area contributed by atoms with Crippen LogP contribution in [0.3, 0.4) is 0 Å². The largest absolute Gasteiger partial charge is 0.573 e. The van der Waals surface area contributed by atoms with Gasteiger partial charge in [0.2, 0.25) is 5.75 Å². The smallest absolute Gasteiger partial charge is 0.399 e.